The summed E-state index contributed by atoms with van der Waals surface area (Å²) in [6, 6.07) is 15.7. The van der Waals surface area contributed by atoms with Gasteiger partial charge in [0.15, 0.2) is 5.82 Å². The zero-order valence-electron chi connectivity index (χ0n) is 15.9. The minimum absolute atomic E-state index is 0.0369. The lowest BCUT2D eigenvalue weighted by molar-refractivity contribution is -0.119. The van der Waals surface area contributed by atoms with Gasteiger partial charge in [0.05, 0.1) is 11.8 Å². The van der Waals surface area contributed by atoms with Gasteiger partial charge in [-0.3, -0.25) is 9.89 Å². The third kappa shape index (κ3) is 5.36. The van der Waals surface area contributed by atoms with E-state index in [1.54, 1.807) is 0 Å². The molecule has 3 rings (SSSR count). The number of aryl methyl sites for hydroxylation is 1. The van der Waals surface area contributed by atoms with Gasteiger partial charge >= 0.3 is 0 Å². The molecule has 0 bridgehead atoms. The van der Waals surface area contributed by atoms with E-state index in [1.165, 1.54) is 17.3 Å². The van der Waals surface area contributed by atoms with Crippen molar-refractivity contribution in [3.63, 3.8) is 0 Å². The number of amides is 1. The summed E-state index contributed by atoms with van der Waals surface area (Å²) >= 11 is 7.25. The van der Waals surface area contributed by atoms with Crippen molar-refractivity contribution in [3.8, 4) is 11.4 Å². The topological polar surface area (TPSA) is 70.7 Å². The Labute approximate surface area is 174 Å². The Morgan fingerprint density at radius 1 is 1.14 bits per heavy atom. The van der Waals surface area contributed by atoms with Crippen LogP contribution in [-0.4, -0.2) is 26.8 Å². The zero-order chi connectivity index (χ0) is 19.9. The van der Waals surface area contributed by atoms with E-state index in [4.69, 9.17) is 11.6 Å². The van der Waals surface area contributed by atoms with Gasteiger partial charge in [0.1, 0.15) is 0 Å². The maximum Gasteiger partial charge on any atom is 0.230 e. The molecule has 2 N–H and O–H groups in total. The molecule has 1 amide bonds. The van der Waals surface area contributed by atoms with Crippen LogP contribution < -0.4 is 5.32 Å². The second-order valence-corrected chi connectivity index (χ2v) is 7.76. The summed E-state index contributed by atoms with van der Waals surface area (Å²) in [7, 11) is 0. The van der Waals surface area contributed by atoms with E-state index < -0.39 is 0 Å². The van der Waals surface area contributed by atoms with E-state index in [2.05, 4.69) is 39.6 Å². The Hall–Kier alpha value is -2.31. The summed E-state index contributed by atoms with van der Waals surface area (Å²) < 4.78 is 0. The van der Waals surface area contributed by atoms with Gasteiger partial charge < -0.3 is 5.32 Å². The lowest BCUT2D eigenvalue weighted by Gasteiger charge is -2.17. The molecular weight excluding hydrogens is 392 g/mol. The number of hydrogen-bond donors (Lipinski definition) is 2. The van der Waals surface area contributed by atoms with Crippen LogP contribution in [0, 0.1) is 0 Å². The number of thioether (sulfide) groups is 1. The van der Waals surface area contributed by atoms with Gasteiger partial charge in [-0.1, -0.05) is 73.6 Å². The number of halogens is 1. The highest BCUT2D eigenvalue weighted by Crippen LogP contribution is 2.22. The van der Waals surface area contributed by atoms with Gasteiger partial charge in [0.2, 0.25) is 11.1 Å². The van der Waals surface area contributed by atoms with Gasteiger partial charge in [0, 0.05) is 10.6 Å². The zero-order valence-corrected chi connectivity index (χ0v) is 17.5. The highest BCUT2D eigenvalue weighted by molar-refractivity contribution is 7.99. The van der Waals surface area contributed by atoms with Gasteiger partial charge in [-0.15, -0.1) is 5.10 Å². The molecule has 2 aromatic carbocycles. The Morgan fingerprint density at radius 3 is 2.50 bits per heavy atom. The summed E-state index contributed by atoms with van der Waals surface area (Å²) in [6.45, 7) is 4.16. The van der Waals surface area contributed by atoms with Crippen LogP contribution in [0.4, 0.5) is 0 Å². The number of nitrogens with one attached hydrogen (secondary N) is 2. The first-order valence-electron chi connectivity index (χ1n) is 9.28. The predicted octanol–water partition coefficient (Wildman–Crippen LogP) is 5.05. The number of benzene rings is 2. The third-order valence-corrected chi connectivity index (χ3v) is 5.55. The fourth-order valence-corrected chi connectivity index (χ4v) is 3.56. The number of H-pyrrole nitrogens is 1. The molecule has 0 saturated heterocycles. The van der Waals surface area contributed by atoms with Crippen LogP contribution in [0.1, 0.15) is 37.4 Å². The van der Waals surface area contributed by atoms with Gasteiger partial charge in [0.25, 0.3) is 0 Å². The summed E-state index contributed by atoms with van der Waals surface area (Å²) in [4.78, 5) is 16.8. The molecule has 3 aromatic rings. The van der Waals surface area contributed by atoms with Crippen LogP contribution in [-0.2, 0) is 11.2 Å². The largest absolute Gasteiger partial charge is 0.349 e. The van der Waals surface area contributed by atoms with E-state index in [-0.39, 0.29) is 17.7 Å². The first-order chi connectivity index (χ1) is 13.6. The van der Waals surface area contributed by atoms with Crippen molar-refractivity contribution in [2.24, 2.45) is 0 Å². The molecule has 0 aliphatic carbocycles. The standard InChI is InChI=1S/C21H23ClN4OS/c1-3-14-5-7-16(8-6-14)20-24-21(26-25-20)28-13-19(27)23-18(4-2)15-9-11-17(22)12-10-15/h5-12,18H,3-4,13H2,1-2H3,(H,23,27)(H,24,25,26). The van der Waals surface area contributed by atoms with Crippen molar-refractivity contribution in [2.75, 3.05) is 5.75 Å². The van der Waals surface area contributed by atoms with Crippen LogP contribution in [0.3, 0.4) is 0 Å². The number of rotatable bonds is 8. The van der Waals surface area contributed by atoms with Crippen LogP contribution in [0.15, 0.2) is 53.7 Å². The van der Waals surface area contributed by atoms with Crippen LogP contribution in [0.5, 0.6) is 0 Å². The van der Waals surface area contributed by atoms with Crippen LogP contribution in [0.25, 0.3) is 11.4 Å². The number of aromatic amines is 1. The van der Waals surface area contributed by atoms with Crippen molar-refractivity contribution < 1.29 is 4.79 Å². The van der Waals surface area contributed by atoms with Crippen molar-refractivity contribution >= 4 is 29.3 Å². The molecule has 0 fully saturated rings. The summed E-state index contributed by atoms with van der Waals surface area (Å²) in [5, 5.41) is 11.4. The van der Waals surface area contributed by atoms with E-state index in [0.717, 1.165) is 24.0 Å². The molecule has 5 nitrogen and oxygen atoms in total. The van der Waals surface area contributed by atoms with E-state index in [9.17, 15) is 4.79 Å². The van der Waals surface area contributed by atoms with Gasteiger partial charge in [-0.05, 0) is 36.1 Å². The molecule has 7 heteroatoms. The summed E-state index contributed by atoms with van der Waals surface area (Å²) in [5.41, 5.74) is 3.30. The number of carbonyl (C=O) groups is 1. The highest BCUT2D eigenvalue weighted by Gasteiger charge is 2.14. The number of aromatic nitrogens is 3. The number of nitrogens with zero attached hydrogens (tertiary/aromatic N) is 2. The fourth-order valence-electron chi connectivity index (χ4n) is 2.82. The second kappa shape index (κ2) is 9.75. The summed E-state index contributed by atoms with van der Waals surface area (Å²) in [6.07, 6.45) is 1.80. The Kier molecular flexibility index (Phi) is 7.12. The number of carbonyl (C=O) groups excluding carboxylic acids is 1. The second-order valence-electron chi connectivity index (χ2n) is 6.39. The molecule has 146 valence electrons. The fraction of sp³-hybridized carbons (Fsp3) is 0.286. The lowest BCUT2D eigenvalue weighted by atomic mass is 10.0. The maximum absolute atomic E-state index is 12.3. The van der Waals surface area contributed by atoms with Crippen molar-refractivity contribution in [1.82, 2.24) is 20.5 Å². The molecule has 0 aliphatic rings. The first kappa shape index (κ1) is 20.4. The minimum Gasteiger partial charge on any atom is -0.349 e. The maximum atomic E-state index is 12.3. The Balaban J connectivity index is 1.55. The van der Waals surface area contributed by atoms with Gasteiger partial charge in [-0.25, -0.2) is 4.98 Å². The summed E-state index contributed by atoms with van der Waals surface area (Å²) in [5.74, 6) is 0.916. The van der Waals surface area contributed by atoms with Crippen molar-refractivity contribution in [1.29, 1.82) is 0 Å². The molecule has 0 aliphatic heterocycles. The van der Waals surface area contributed by atoms with E-state index in [0.29, 0.717) is 16.0 Å². The van der Waals surface area contributed by atoms with Crippen molar-refractivity contribution in [3.05, 3.63) is 64.7 Å². The number of hydrogen-bond acceptors (Lipinski definition) is 4. The quantitative estimate of drug-likeness (QED) is 0.506. The molecule has 28 heavy (non-hydrogen) atoms. The molecule has 0 saturated carbocycles. The smallest absolute Gasteiger partial charge is 0.230 e. The molecule has 1 atom stereocenters. The molecular formula is C21H23ClN4OS. The predicted molar refractivity (Wildman–Crippen MR) is 115 cm³/mol. The molecule has 1 aromatic heterocycles. The molecule has 0 spiro atoms. The SMILES string of the molecule is CCc1ccc(-c2nc(SCC(=O)NC(CC)c3ccc(Cl)cc3)n[nH]2)cc1. The monoisotopic (exact) mass is 414 g/mol. The van der Waals surface area contributed by atoms with E-state index >= 15 is 0 Å². The Bertz CT molecular complexity index is 909. The highest BCUT2D eigenvalue weighted by atomic mass is 35.5. The normalized spacial score (nSPS) is 12.0. The Morgan fingerprint density at radius 2 is 1.86 bits per heavy atom. The van der Waals surface area contributed by atoms with E-state index in [1.807, 2.05) is 43.3 Å². The molecule has 0 radical (unpaired) electrons. The van der Waals surface area contributed by atoms with Crippen LogP contribution in [0.2, 0.25) is 5.02 Å². The van der Waals surface area contributed by atoms with Crippen molar-refractivity contribution in [2.45, 2.75) is 37.9 Å². The minimum atomic E-state index is -0.0505. The third-order valence-electron chi connectivity index (χ3n) is 4.45. The molecule has 1 heterocycles. The molecule has 1 unspecified atom stereocenters. The lowest BCUT2D eigenvalue weighted by Crippen LogP contribution is -2.29. The average molecular weight is 415 g/mol. The first-order valence-corrected chi connectivity index (χ1v) is 10.6. The van der Waals surface area contributed by atoms with Gasteiger partial charge in [-0.2, -0.15) is 0 Å². The van der Waals surface area contributed by atoms with Crippen LogP contribution >= 0.6 is 23.4 Å². The average Bonchev–Trinajstić information content (AvgIpc) is 3.20.